The number of thiol groups is 1. The molecule has 4 N–H and O–H groups in total. The molecule has 4 nitrogen and oxygen atoms in total. The van der Waals surface area contributed by atoms with Crippen LogP contribution in [0.3, 0.4) is 0 Å². The smallest absolute Gasteiger partial charge is 0.241 e. The molecule has 1 rings (SSSR count). The van der Waals surface area contributed by atoms with E-state index in [9.17, 15) is 4.79 Å². The molecule has 0 aliphatic rings. The maximum absolute atomic E-state index is 12.6. The van der Waals surface area contributed by atoms with Crippen LogP contribution in [-0.2, 0) is 4.79 Å². The maximum Gasteiger partial charge on any atom is 0.241 e. The first-order valence-corrected chi connectivity index (χ1v) is 8.50. The lowest BCUT2D eigenvalue weighted by Gasteiger charge is -2.25. The van der Waals surface area contributed by atoms with Crippen molar-refractivity contribution in [1.82, 2.24) is 5.32 Å². The lowest BCUT2D eigenvalue weighted by Crippen LogP contribution is -2.49. The van der Waals surface area contributed by atoms with Crippen molar-refractivity contribution in [3.63, 3.8) is 0 Å². The number of hydrogen-bond donors (Lipinski definition) is 4. The molecule has 0 saturated carbocycles. The molecule has 0 aliphatic heterocycles. The molecule has 1 unspecified atom stereocenters. The van der Waals surface area contributed by atoms with Crippen molar-refractivity contribution < 1.29 is 4.79 Å². The highest BCUT2D eigenvalue weighted by molar-refractivity contribution is 7.80. The third kappa shape index (κ3) is 5.30. The summed E-state index contributed by atoms with van der Waals surface area (Å²) in [6.45, 7) is 8.81. The number of nitrogens with one attached hydrogen (secondary N) is 2. The van der Waals surface area contributed by atoms with Crippen LogP contribution in [0.2, 0.25) is 0 Å². The molecule has 0 fully saturated rings. The van der Waals surface area contributed by atoms with E-state index in [0.717, 1.165) is 17.7 Å². The van der Waals surface area contributed by atoms with Crippen molar-refractivity contribution in [1.29, 1.82) is 0 Å². The summed E-state index contributed by atoms with van der Waals surface area (Å²) in [7, 11) is 0. The number of carbonyl (C=O) groups excluding carboxylic acids is 1. The van der Waals surface area contributed by atoms with Gasteiger partial charge in [-0.1, -0.05) is 32.4 Å². The lowest BCUT2D eigenvalue weighted by atomic mass is 9.97. The van der Waals surface area contributed by atoms with Gasteiger partial charge in [0.25, 0.3) is 0 Å². The van der Waals surface area contributed by atoms with Gasteiger partial charge in [-0.25, -0.2) is 0 Å². The third-order valence-corrected chi connectivity index (χ3v) is 4.66. The highest BCUT2D eigenvalue weighted by Crippen LogP contribution is 2.19. The molecule has 0 spiro atoms. The monoisotopic (exact) mass is 323 g/mol. The molecule has 0 aromatic heterocycles. The normalized spacial score (nSPS) is 15.2. The van der Waals surface area contributed by atoms with E-state index >= 15 is 0 Å². The van der Waals surface area contributed by atoms with Gasteiger partial charge in [-0.3, -0.25) is 4.79 Å². The first-order chi connectivity index (χ1) is 10.4. The number of hydrogen-bond acceptors (Lipinski definition) is 4. The predicted molar refractivity (Wildman–Crippen MR) is 97.6 cm³/mol. The zero-order chi connectivity index (χ0) is 16.7. The Balaban J connectivity index is 2.81. The summed E-state index contributed by atoms with van der Waals surface area (Å²) in [6, 6.07) is 5.63. The van der Waals surface area contributed by atoms with Crippen molar-refractivity contribution in [2.45, 2.75) is 46.2 Å². The summed E-state index contributed by atoms with van der Waals surface area (Å²) in [6.07, 6.45) is 0.925. The van der Waals surface area contributed by atoms with Crippen molar-refractivity contribution in [2.24, 2.45) is 11.7 Å². The van der Waals surface area contributed by atoms with Crippen LogP contribution in [0.25, 0.3) is 0 Å². The topological polar surface area (TPSA) is 67.1 Å². The molecule has 0 bridgehead atoms. The Hall–Kier alpha value is -1.04. The van der Waals surface area contributed by atoms with E-state index in [1.807, 2.05) is 32.0 Å². The number of aryl methyl sites for hydroxylation is 1. The maximum atomic E-state index is 12.6. The molecule has 3 atom stereocenters. The minimum Gasteiger partial charge on any atom is -0.326 e. The average Bonchev–Trinajstić information content (AvgIpc) is 2.51. The fourth-order valence-electron chi connectivity index (χ4n) is 2.23. The molecule has 22 heavy (non-hydrogen) atoms. The van der Waals surface area contributed by atoms with Crippen LogP contribution in [0.4, 0.5) is 5.69 Å². The van der Waals surface area contributed by atoms with Gasteiger partial charge in [0.1, 0.15) is 0 Å². The van der Waals surface area contributed by atoms with Gasteiger partial charge in [0.2, 0.25) is 5.91 Å². The standard InChI is InChI=1S/C17H29N3OS/c1-5-11(2)16(19-9-14(18)10-22)17(21)20-15-8-6-7-12(3)13(15)4/h6-8,11,14,16,19,22H,5,9-10,18H2,1-4H3,(H,20,21)/t11-,14?,16+/m0/s1. The summed E-state index contributed by atoms with van der Waals surface area (Å²) in [5.41, 5.74) is 9.03. The highest BCUT2D eigenvalue weighted by atomic mass is 32.1. The van der Waals surface area contributed by atoms with Crippen LogP contribution in [0.15, 0.2) is 18.2 Å². The third-order valence-electron chi connectivity index (χ3n) is 4.19. The van der Waals surface area contributed by atoms with Crippen LogP contribution >= 0.6 is 12.6 Å². The van der Waals surface area contributed by atoms with E-state index in [-0.39, 0.29) is 23.9 Å². The Kier molecular flexibility index (Phi) is 7.93. The molecule has 0 radical (unpaired) electrons. The van der Waals surface area contributed by atoms with Crippen LogP contribution in [0, 0.1) is 19.8 Å². The van der Waals surface area contributed by atoms with Gasteiger partial charge in [0.05, 0.1) is 6.04 Å². The second-order valence-electron chi connectivity index (χ2n) is 5.95. The van der Waals surface area contributed by atoms with Gasteiger partial charge in [0.15, 0.2) is 0 Å². The van der Waals surface area contributed by atoms with E-state index in [1.165, 1.54) is 5.56 Å². The summed E-state index contributed by atoms with van der Waals surface area (Å²) < 4.78 is 0. The lowest BCUT2D eigenvalue weighted by molar-refractivity contribution is -0.119. The second kappa shape index (κ2) is 9.18. The molecule has 124 valence electrons. The fourth-order valence-corrected chi connectivity index (χ4v) is 2.36. The molecule has 0 aliphatic carbocycles. The average molecular weight is 324 g/mol. The zero-order valence-corrected chi connectivity index (χ0v) is 14.9. The number of benzene rings is 1. The number of nitrogens with two attached hydrogens (primary N) is 1. The first-order valence-electron chi connectivity index (χ1n) is 7.87. The van der Waals surface area contributed by atoms with Crippen molar-refractivity contribution in [3.8, 4) is 0 Å². The van der Waals surface area contributed by atoms with E-state index in [0.29, 0.717) is 12.3 Å². The van der Waals surface area contributed by atoms with Gasteiger partial charge >= 0.3 is 0 Å². The Morgan fingerprint density at radius 3 is 2.64 bits per heavy atom. The Morgan fingerprint density at radius 2 is 2.05 bits per heavy atom. The first kappa shape index (κ1) is 19.0. The number of anilines is 1. The highest BCUT2D eigenvalue weighted by Gasteiger charge is 2.24. The number of carbonyl (C=O) groups is 1. The van der Waals surface area contributed by atoms with Crippen molar-refractivity contribution in [2.75, 3.05) is 17.6 Å². The number of amides is 1. The molecular formula is C17H29N3OS. The van der Waals surface area contributed by atoms with Crippen molar-refractivity contribution in [3.05, 3.63) is 29.3 Å². The summed E-state index contributed by atoms with van der Waals surface area (Å²) >= 11 is 4.18. The van der Waals surface area contributed by atoms with E-state index in [1.54, 1.807) is 0 Å². The molecule has 1 aromatic carbocycles. The van der Waals surface area contributed by atoms with E-state index < -0.39 is 0 Å². The molecule has 5 heteroatoms. The summed E-state index contributed by atoms with van der Waals surface area (Å²) in [5, 5.41) is 6.34. The zero-order valence-electron chi connectivity index (χ0n) is 14.0. The number of rotatable bonds is 8. The van der Waals surface area contributed by atoms with E-state index in [2.05, 4.69) is 37.1 Å². The van der Waals surface area contributed by atoms with Gasteiger partial charge < -0.3 is 16.4 Å². The van der Waals surface area contributed by atoms with Crippen LogP contribution in [-0.4, -0.2) is 30.3 Å². The molecule has 1 amide bonds. The quantitative estimate of drug-likeness (QED) is 0.556. The van der Waals surface area contributed by atoms with Gasteiger partial charge in [-0.15, -0.1) is 0 Å². The SMILES string of the molecule is CC[C@H](C)[C@@H](NCC(N)CS)C(=O)Nc1cccc(C)c1C. The van der Waals surface area contributed by atoms with Crippen LogP contribution in [0.1, 0.15) is 31.4 Å². The molecular weight excluding hydrogens is 294 g/mol. The van der Waals surface area contributed by atoms with Crippen LogP contribution in [0.5, 0.6) is 0 Å². The Morgan fingerprint density at radius 1 is 1.36 bits per heavy atom. The molecule has 0 heterocycles. The molecule has 1 aromatic rings. The minimum absolute atomic E-state index is 0.00517. The molecule has 0 saturated heterocycles. The van der Waals surface area contributed by atoms with Gasteiger partial charge in [-0.05, 0) is 37.0 Å². The minimum atomic E-state index is -0.254. The van der Waals surface area contributed by atoms with E-state index in [4.69, 9.17) is 5.73 Å². The Bertz CT molecular complexity index is 493. The largest absolute Gasteiger partial charge is 0.326 e. The fraction of sp³-hybridized carbons (Fsp3) is 0.588. The van der Waals surface area contributed by atoms with Crippen LogP contribution < -0.4 is 16.4 Å². The van der Waals surface area contributed by atoms with Gasteiger partial charge in [0, 0.05) is 24.0 Å². The van der Waals surface area contributed by atoms with Gasteiger partial charge in [-0.2, -0.15) is 12.6 Å². The second-order valence-corrected chi connectivity index (χ2v) is 6.32. The Labute approximate surface area is 139 Å². The predicted octanol–water partition coefficient (Wildman–Crippen LogP) is 2.50. The summed E-state index contributed by atoms with van der Waals surface area (Å²) in [5.74, 6) is 0.824. The van der Waals surface area contributed by atoms with Crippen molar-refractivity contribution >= 4 is 24.2 Å². The summed E-state index contributed by atoms with van der Waals surface area (Å²) in [4.78, 5) is 12.6.